The molecule has 0 N–H and O–H groups in total. The third-order valence-corrected chi connectivity index (χ3v) is 4.67. The van der Waals surface area contributed by atoms with E-state index in [1.54, 1.807) is 0 Å². The van der Waals surface area contributed by atoms with Crippen LogP contribution >= 0.6 is 0 Å². The lowest BCUT2D eigenvalue weighted by Crippen LogP contribution is -2.37. The van der Waals surface area contributed by atoms with E-state index < -0.39 is 0 Å². The van der Waals surface area contributed by atoms with Gasteiger partial charge in [-0.15, -0.1) is 0 Å². The molecule has 0 amide bonds. The normalized spacial score (nSPS) is 50.8. The Bertz CT molecular complexity index is 272. The minimum absolute atomic E-state index is 0.327. The molecule has 0 spiro atoms. The first-order valence-electron chi connectivity index (χ1n) is 6.53. The van der Waals surface area contributed by atoms with Crippen molar-refractivity contribution in [3.63, 3.8) is 0 Å². The van der Waals surface area contributed by atoms with Crippen molar-refractivity contribution in [1.29, 1.82) is 0 Å². The molecule has 16 heavy (non-hydrogen) atoms. The molecule has 2 heterocycles. The van der Waals surface area contributed by atoms with Gasteiger partial charge in [0.1, 0.15) is 0 Å². The Morgan fingerprint density at radius 1 is 1.06 bits per heavy atom. The molecule has 3 nitrogen and oxygen atoms in total. The van der Waals surface area contributed by atoms with Crippen molar-refractivity contribution in [1.82, 2.24) is 0 Å². The van der Waals surface area contributed by atoms with Crippen LogP contribution in [0.2, 0.25) is 0 Å². The summed E-state index contributed by atoms with van der Waals surface area (Å²) >= 11 is 0. The second-order valence-electron chi connectivity index (χ2n) is 5.83. The van der Waals surface area contributed by atoms with Crippen molar-refractivity contribution in [2.75, 3.05) is 13.2 Å². The van der Waals surface area contributed by atoms with Crippen LogP contribution in [0.15, 0.2) is 0 Å². The largest absolute Gasteiger partial charge is 0.370 e. The van der Waals surface area contributed by atoms with E-state index in [2.05, 4.69) is 20.8 Å². The zero-order valence-corrected chi connectivity index (χ0v) is 10.4. The van der Waals surface area contributed by atoms with Gasteiger partial charge >= 0.3 is 0 Å². The lowest BCUT2D eigenvalue weighted by atomic mass is 9.90. The molecule has 1 aliphatic carbocycles. The highest BCUT2D eigenvalue weighted by atomic mass is 16.7. The zero-order valence-electron chi connectivity index (χ0n) is 10.4. The minimum atomic E-state index is -0.327. The molecule has 0 aromatic carbocycles. The molecule has 5 atom stereocenters. The number of hydrogen-bond acceptors (Lipinski definition) is 3. The van der Waals surface area contributed by atoms with Crippen LogP contribution in [-0.2, 0) is 14.2 Å². The van der Waals surface area contributed by atoms with Gasteiger partial charge in [-0.25, -0.2) is 0 Å². The van der Waals surface area contributed by atoms with Crippen LogP contribution in [-0.4, -0.2) is 31.2 Å². The lowest BCUT2D eigenvalue weighted by molar-refractivity contribution is -0.188. The Morgan fingerprint density at radius 3 is 2.25 bits per heavy atom. The SMILES string of the molecule is CC1CC(C2OC2C)CC1C1(C)OCCO1. The van der Waals surface area contributed by atoms with Gasteiger partial charge in [0.05, 0.1) is 25.4 Å². The molecule has 3 aliphatic rings. The van der Waals surface area contributed by atoms with E-state index in [9.17, 15) is 0 Å². The van der Waals surface area contributed by atoms with E-state index in [0.29, 0.717) is 24.0 Å². The third-order valence-electron chi connectivity index (χ3n) is 4.67. The predicted molar refractivity (Wildman–Crippen MR) is 60.0 cm³/mol. The van der Waals surface area contributed by atoms with E-state index in [0.717, 1.165) is 19.1 Å². The van der Waals surface area contributed by atoms with E-state index in [4.69, 9.17) is 14.2 Å². The van der Waals surface area contributed by atoms with Crippen LogP contribution in [0.5, 0.6) is 0 Å². The third kappa shape index (κ3) is 1.69. The lowest BCUT2D eigenvalue weighted by Gasteiger charge is -2.32. The summed E-state index contributed by atoms with van der Waals surface area (Å²) in [5, 5.41) is 0. The number of hydrogen-bond donors (Lipinski definition) is 0. The summed E-state index contributed by atoms with van der Waals surface area (Å²) in [5.41, 5.74) is 0. The van der Waals surface area contributed by atoms with Crippen LogP contribution < -0.4 is 0 Å². The highest BCUT2D eigenvalue weighted by Gasteiger charge is 2.52. The molecule has 0 radical (unpaired) electrons. The van der Waals surface area contributed by atoms with Gasteiger partial charge in [-0.2, -0.15) is 0 Å². The smallest absolute Gasteiger partial charge is 0.168 e. The molecule has 1 saturated carbocycles. The maximum Gasteiger partial charge on any atom is 0.168 e. The van der Waals surface area contributed by atoms with E-state index in [1.165, 1.54) is 12.8 Å². The Kier molecular flexibility index (Phi) is 2.54. The van der Waals surface area contributed by atoms with Gasteiger partial charge in [-0.05, 0) is 38.5 Å². The summed E-state index contributed by atoms with van der Waals surface area (Å²) in [6, 6.07) is 0. The molecular formula is C13H22O3. The summed E-state index contributed by atoms with van der Waals surface area (Å²) < 4.78 is 17.2. The van der Waals surface area contributed by atoms with Gasteiger partial charge in [-0.3, -0.25) is 0 Å². The molecule has 5 unspecified atom stereocenters. The highest BCUT2D eigenvalue weighted by molar-refractivity contribution is 4.97. The number of rotatable bonds is 2. The average molecular weight is 226 g/mol. The van der Waals surface area contributed by atoms with Crippen molar-refractivity contribution in [2.24, 2.45) is 17.8 Å². The van der Waals surface area contributed by atoms with Gasteiger partial charge < -0.3 is 14.2 Å². The second-order valence-corrected chi connectivity index (χ2v) is 5.83. The fourth-order valence-electron chi connectivity index (χ4n) is 3.74. The fraction of sp³-hybridized carbons (Fsp3) is 1.00. The summed E-state index contributed by atoms with van der Waals surface area (Å²) in [7, 11) is 0. The van der Waals surface area contributed by atoms with Crippen molar-refractivity contribution in [3.8, 4) is 0 Å². The molecule has 3 rings (SSSR count). The van der Waals surface area contributed by atoms with Crippen LogP contribution in [0.3, 0.4) is 0 Å². The van der Waals surface area contributed by atoms with Crippen LogP contribution in [0.25, 0.3) is 0 Å². The monoisotopic (exact) mass is 226 g/mol. The Labute approximate surface area is 97.4 Å². The van der Waals surface area contributed by atoms with Gasteiger partial charge in [0.2, 0.25) is 0 Å². The Hall–Kier alpha value is -0.120. The number of ether oxygens (including phenoxy) is 3. The number of epoxide rings is 1. The molecule has 0 bridgehead atoms. The Balaban J connectivity index is 1.67. The molecule has 92 valence electrons. The zero-order chi connectivity index (χ0) is 11.3. The Morgan fingerprint density at radius 2 is 1.69 bits per heavy atom. The van der Waals surface area contributed by atoms with Crippen LogP contribution in [0, 0.1) is 17.8 Å². The van der Waals surface area contributed by atoms with Crippen LogP contribution in [0.4, 0.5) is 0 Å². The van der Waals surface area contributed by atoms with Crippen molar-refractivity contribution in [3.05, 3.63) is 0 Å². The summed E-state index contributed by atoms with van der Waals surface area (Å²) in [6.07, 6.45) is 3.46. The summed E-state index contributed by atoms with van der Waals surface area (Å²) in [6.45, 7) is 8.11. The molecule has 0 aromatic heterocycles. The predicted octanol–water partition coefficient (Wildman–Crippen LogP) is 2.20. The molecule has 2 aliphatic heterocycles. The minimum Gasteiger partial charge on any atom is -0.370 e. The fourth-order valence-corrected chi connectivity index (χ4v) is 3.74. The van der Waals surface area contributed by atoms with E-state index in [-0.39, 0.29) is 5.79 Å². The van der Waals surface area contributed by atoms with Gasteiger partial charge in [0, 0.05) is 5.92 Å². The molecule has 0 aromatic rings. The molecular weight excluding hydrogens is 204 g/mol. The van der Waals surface area contributed by atoms with Crippen molar-refractivity contribution in [2.45, 2.75) is 51.6 Å². The van der Waals surface area contributed by atoms with Gasteiger partial charge in [0.25, 0.3) is 0 Å². The summed E-state index contributed by atoms with van der Waals surface area (Å²) in [4.78, 5) is 0. The average Bonchev–Trinajstić information content (AvgIpc) is 2.64. The van der Waals surface area contributed by atoms with Crippen molar-refractivity contribution >= 4 is 0 Å². The first kappa shape index (κ1) is 11.0. The highest BCUT2D eigenvalue weighted by Crippen LogP contribution is 2.50. The van der Waals surface area contributed by atoms with E-state index >= 15 is 0 Å². The van der Waals surface area contributed by atoms with Gasteiger partial charge in [0.15, 0.2) is 5.79 Å². The van der Waals surface area contributed by atoms with E-state index in [1.807, 2.05) is 0 Å². The first-order chi connectivity index (χ1) is 7.60. The maximum absolute atomic E-state index is 5.81. The topological polar surface area (TPSA) is 31.0 Å². The quantitative estimate of drug-likeness (QED) is 0.676. The summed E-state index contributed by atoms with van der Waals surface area (Å²) in [5.74, 6) is 1.62. The second kappa shape index (κ2) is 3.69. The van der Waals surface area contributed by atoms with Crippen LogP contribution in [0.1, 0.15) is 33.6 Å². The standard InChI is InChI=1S/C13H22O3/c1-8-6-10(12-9(2)16-12)7-11(8)13(3)14-4-5-15-13/h8-12H,4-7H2,1-3H3. The molecule has 3 heteroatoms. The van der Waals surface area contributed by atoms with Crippen molar-refractivity contribution < 1.29 is 14.2 Å². The molecule has 2 saturated heterocycles. The maximum atomic E-state index is 5.81. The molecule has 3 fully saturated rings. The van der Waals surface area contributed by atoms with Gasteiger partial charge in [-0.1, -0.05) is 6.92 Å². The first-order valence-corrected chi connectivity index (χ1v) is 6.53.